The molecular formula is C16H16BrClN2S. The fourth-order valence-corrected chi connectivity index (χ4v) is 4.58. The first-order valence-electron chi connectivity index (χ1n) is 7.40. The molecule has 0 radical (unpaired) electrons. The number of fused-ring (bicyclic) bond motifs is 1. The van der Waals surface area contributed by atoms with Crippen LogP contribution in [0.25, 0.3) is 0 Å². The van der Waals surface area contributed by atoms with Crippen LogP contribution in [0.1, 0.15) is 46.4 Å². The Balaban J connectivity index is 1.70. The third kappa shape index (κ3) is 2.91. The van der Waals surface area contributed by atoms with Crippen molar-refractivity contribution in [1.82, 2.24) is 10.3 Å². The van der Waals surface area contributed by atoms with E-state index in [0.29, 0.717) is 6.04 Å². The average Bonchev–Trinajstić information content (AvgIpc) is 3.03. The molecular weight excluding hydrogens is 368 g/mol. The van der Waals surface area contributed by atoms with E-state index in [1.54, 1.807) is 0 Å². The maximum absolute atomic E-state index is 6.13. The van der Waals surface area contributed by atoms with Gasteiger partial charge in [0.25, 0.3) is 0 Å². The summed E-state index contributed by atoms with van der Waals surface area (Å²) >= 11 is 11.5. The van der Waals surface area contributed by atoms with Crippen LogP contribution < -0.4 is 5.32 Å². The minimum Gasteiger partial charge on any atom is -0.301 e. The largest absolute Gasteiger partial charge is 0.301 e. The number of nitrogens with zero attached hydrogens (tertiary/aromatic N) is 1. The van der Waals surface area contributed by atoms with Gasteiger partial charge in [0.2, 0.25) is 0 Å². The molecule has 0 saturated heterocycles. The van der Waals surface area contributed by atoms with Gasteiger partial charge in [0.1, 0.15) is 5.01 Å². The summed E-state index contributed by atoms with van der Waals surface area (Å²) in [5.41, 5.74) is 2.57. The molecule has 2 aliphatic rings. The monoisotopic (exact) mass is 382 g/mol. The number of thiazole rings is 1. The third-order valence-corrected chi connectivity index (χ3v) is 6.55. The number of rotatable bonds is 4. The van der Waals surface area contributed by atoms with Crippen molar-refractivity contribution in [3.05, 3.63) is 48.8 Å². The van der Waals surface area contributed by atoms with Gasteiger partial charge in [-0.15, -0.1) is 11.3 Å². The minimum absolute atomic E-state index is 0.196. The molecule has 21 heavy (non-hydrogen) atoms. The van der Waals surface area contributed by atoms with Crippen LogP contribution in [0.15, 0.2) is 22.7 Å². The van der Waals surface area contributed by atoms with Gasteiger partial charge in [-0.2, -0.15) is 0 Å². The quantitative estimate of drug-likeness (QED) is 0.813. The summed E-state index contributed by atoms with van der Waals surface area (Å²) in [5, 5.41) is 5.71. The van der Waals surface area contributed by atoms with E-state index in [9.17, 15) is 0 Å². The Bertz CT molecular complexity index is 659. The van der Waals surface area contributed by atoms with E-state index in [2.05, 4.69) is 33.4 Å². The summed E-state index contributed by atoms with van der Waals surface area (Å²) < 4.78 is 0.952. The van der Waals surface area contributed by atoms with Crippen LogP contribution in [0, 0.1) is 0 Å². The molecule has 2 nitrogen and oxygen atoms in total. The summed E-state index contributed by atoms with van der Waals surface area (Å²) in [6.45, 7) is 0. The van der Waals surface area contributed by atoms with E-state index in [-0.39, 0.29) is 6.04 Å². The molecule has 110 valence electrons. The molecule has 1 atom stereocenters. The van der Waals surface area contributed by atoms with Crippen LogP contribution >= 0.6 is 38.9 Å². The summed E-state index contributed by atoms with van der Waals surface area (Å²) in [7, 11) is 0. The molecule has 1 aromatic heterocycles. The molecule has 0 aliphatic heterocycles. The molecule has 1 heterocycles. The maximum Gasteiger partial charge on any atom is 0.115 e. The average molecular weight is 384 g/mol. The minimum atomic E-state index is 0.196. The van der Waals surface area contributed by atoms with Crippen LogP contribution in [0.4, 0.5) is 0 Å². The van der Waals surface area contributed by atoms with Crippen LogP contribution in [0.5, 0.6) is 0 Å². The molecule has 1 aromatic carbocycles. The molecule has 2 aromatic rings. The van der Waals surface area contributed by atoms with E-state index in [0.717, 1.165) is 15.9 Å². The van der Waals surface area contributed by atoms with Gasteiger partial charge in [0, 0.05) is 15.4 Å². The molecule has 1 unspecified atom stereocenters. The second-order valence-corrected chi connectivity index (χ2v) is 8.20. The zero-order chi connectivity index (χ0) is 14.4. The zero-order valence-corrected chi connectivity index (χ0v) is 14.7. The lowest BCUT2D eigenvalue weighted by Crippen LogP contribution is -2.24. The number of halogens is 2. The first kappa shape index (κ1) is 14.2. The Labute approximate surface area is 142 Å². The second-order valence-electron chi connectivity index (χ2n) is 5.82. The molecule has 2 aliphatic carbocycles. The summed E-state index contributed by atoms with van der Waals surface area (Å²) in [4.78, 5) is 6.39. The predicted molar refractivity (Wildman–Crippen MR) is 91.3 cm³/mol. The lowest BCUT2D eigenvalue weighted by molar-refractivity contribution is 0.596. The first-order valence-corrected chi connectivity index (χ1v) is 9.39. The molecule has 5 heteroatoms. The molecule has 1 N–H and O–H groups in total. The van der Waals surface area contributed by atoms with Gasteiger partial charge in [0.15, 0.2) is 0 Å². The van der Waals surface area contributed by atoms with Crippen LogP contribution in [0.3, 0.4) is 0 Å². The van der Waals surface area contributed by atoms with Crippen molar-refractivity contribution in [2.24, 2.45) is 0 Å². The normalized spacial score (nSPS) is 18.8. The van der Waals surface area contributed by atoms with Crippen molar-refractivity contribution in [3.63, 3.8) is 0 Å². The van der Waals surface area contributed by atoms with Crippen LogP contribution in [-0.4, -0.2) is 11.0 Å². The van der Waals surface area contributed by atoms with E-state index in [4.69, 9.17) is 16.6 Å². The molecule has 0 spiro atoms. The molecule has 1 saturated carbocycles. The van der Waals surface area contributed by atoms with E-state index >= 15 is 0 Å². The topological polar surface area (TPSA) is 24.9 Å². The number of aryl methyl sites for hydroxylation is 2. The van der Waals surface area contributed by atoms with Crippen molar-refractivity contribution >= 4 is 38.9 Å². The van der Waals surface area contributed by atoms with E-state index in [1.165, 1.54) is 46.8 Å². The summed E-state index contributed by atoms with van der Waals surface area (Å²) in [5.74, 6) is 0. The molecule has 4 rings (SSSR count). The predicted octanol–water partition coefficient (Wildman–Crippen LogP) is 4.89. The molecule has 0 amide bonds. The number of aromatic nitrogens is 1. The lowest BCUT2D eigenvalue weighted by atomic mass is 10.1. The van der Waals surface area contributed by atoms with Gasteiger partial charge in [-0.1, -0.05) is 17.7 Å². The Hall–Kier alpha value is -0.420. The van der Waals surface area contributed by atoms with Crippen molar-refractivity contribution < 1.29 is 0 Å². The van der Waals surface area contributed by atoms with E-state index in [1.807, 2.05) is 17.4 Å². The van der Waals surface area contributed by atoms with Gasteiger partial charge in [0.05, 0.1) is 16.8 Å². The smallest absolute Gasteiger partial charge is 0.115 e. The second kappa shape index (κ2) is 5.65. The number of nitrogens with one attached hydrogen (secondary N) is 1. The van der Waals surface area contributed by atoms with Crippen LogP contribution in [0.2, 0.25) is 5.02 Å². The number of hydrogen-bond acceptors (Lipinski definition) is 3. The summed E-state index contributed by atoms with van der Waals surface area (Å²) in [6, 6.07) is 7.03. The molecule has 1 fully saturated rings. The van der Waals surface area contributed by atoms with Gasteiger partial charge in [-0.3, -0.25) is 0 Å². The lowest BCUT2D eigenvalue weighted by Gasteiger charge is -2.17. The third-order valence-electron chi connectivity index (χ3n) is 4.12. The Morgan fingerprint density at radius 3 is 2.90 bits per heavy atom. The van der Waals surface area contributed by atoms with Gasteiger partial charge in [-0.25, -0.2) is 4.98 Å². The highest BCUT2D eigenvalue weighted by Crippen LogP contribution is 2.36. The van der Waals surface area contributed by atoms with Gasteiger partial charge >= 0.3 is 0 Å². The number of hydrogen-bond donors (Lipinski definition) is 1. The first-order chi connectivity index (χ1) is 10.2. The van der Waals surface area contributed by atoms with Gasteiger partial charge < -0.3 is 5.32 Å². The Kier molecular flexibility index (Phi) is 3.82. The SMILES string of the molecule is Clc1ccc(C(NC2CC2)c2nc3c(s2)CCC3)cc1Br. The Morgan fingerprint density at radius 1 is 1.33 bits per heavy atom. The van der Waals surface area contributed by atoms with Crippen molar-refractivity contribution in [1.29, 1.82) is 0 Å². The Morgan fingerprint density at radius 2 is 2.19 bits per heavy atom. The molecule has 0 bridgehead atoms. The highest BCUT2D eigenvalue weighted by molar-refractivity contribution is 9.10. The van der Waals surface area contributed by atoms with E-state index < -0.39 is 0 Å². The van der Waals surface area contributed by atoms with Crippen molar-refractivity contribution in [3.8, 4) is 0 Å². The zero-order valence-electron chi connectivity index (χ0n) is 11.5. The van der Waals surface area contributed by atoms with Crippen molar-refractivity contribution in [2.75, 3.05) is 0 Å². The summed E-state index contributed by atoms with van der Waals surface area (Å²) in [6.07, 6.45) is 6.16. The van der Waals surface area contributed by atoms with Crippen LogP contribution in [-0.2, 0) is 12.8 Å². The number of benzene rings is 1. The fraction of sp³-hybridized carbons (Fsp3) is 0.438. The highest BCUT2D eigenvalue weighted by Gasteiger charge is 2.29. The standard InChI is InChI=1S/C16H16BrClN2S/c17-11-8-9(4-7-12(11)18)15(19-10-5-6-10)16-20-13-2-1-3-14(13)21-16/h4,7-8,10,15,19H,1-3,5-6H2. The maximum atomic E-state index is 6.13. The van der Waals surface area contributed by atoms with Gasteiger partial charge in [-0.05, 0) is 65.7 Å². The highest BCUT2D eigenvalue weighted by atomic mass is 79.9. The van der Waals surface area contributed by atoms with Crippen molar-refractivity contribution in [2.45, 2.75) is 44.2 Å². The fourth-order valence-electron chi connectivity index (χ4n) is 2.82.